The third-order valence-corrected chi connectivity index (χ3v) is 7.15. The van der Waals surface area contributed by atoms with Gasteiger partial charge in [-0.2, -0.15) is 0 Å². The Bertz CT molecular complexity index is 1400. The van der Waals surface area contributed by atoms with Crippen molar-refractivity contribution in [1.82, 2.24) is 14.9 Å². The molecule has 1 aliphatic heterocycles. The highest BCUT2D eigenvalue weighted by molar-refractivity contribution is 7.80. The van der Waals surface area contributed by atoms with Crippen LogP contribution in [0.2, 0.25) is 0 Å². The van der Waals surface area contributed by atoms with Crippen LogP contribution in [0.3, 0.4) is 0 Å². The third-order valence-electron chi connectivity index (χ3n) is 6.84. The lowest BCUT2D eigenvalue weighted by molar-refractivity contribution is 0.414. The molecule has 0 saturated carbocycles. The number of anilines is 1. The van der Waals surface area contributed by atoms with Gasteiger partial charge in [-0.15, -0.1) is 0 Å². The number of benzene rings is 2. The molecular weight excluding hydrogens is 452 g/mol. The summed E-state index contributed by atoms with van der Waals surface area (Å²) in [6, 6.07) is 22.7. The highest BCUT2D eigenvalue weighted by atomic mass is 32.1. The fourth-order valence-corrected chi connectivity index (χ4v) is 5.52. The normalized spacial score (nSPS) is 17.5. The molecule has 1 N–H and O–H groups in total. The van der Waals surface area contributed by atoms with Crippen LogP contribution < -0.4 is 15.0 Å². The average Bonchev–Trinajstić information content (AvgIpc) is 3.36. The number of thiocarbonyl (C=S) groups is 1. The minimum Gasteiger partial charge on any atom is -0.495 e. The summed E-state index contributed by atoms with van der Waals surface area (Å²) in [5.74, 6) is 0.784. The molecule has 1 aliphatic rings. The number of para-hydroxylation sites is 2. The average molecular weight is 483 g/mol. The van der Waals surface area contributed by atoms with Gasteiger partial charge in [0.1, 0.15) is 5.75 Å². The van der Waals surface area contributed by atoms with Crippen molar-refractivity contribution in [1.29, 1.82) is 0 Å². The molecule has 0 amide bonds. The van der Waals surface area contributed by atoms with E-state index in [2.05, 4.69) is 78.9 Å². The third kappa shape index (κ3) is 3.98. The van der Waals surface area contributed by atoms with Gasteiger partial charge in [0.05, 0.1) is 30.6 Å². The highest BCUT2D eigenvalue weighted by Gasteiger charge is 2.43. The Hall–Kier alpha value is -3.64. The molecule has 2 aromatic carbocycles. The number of aromatic nitrogens is 2. The standard InChI is InChI=1S/C29H30N4OS/c1-18-13-14-19(2)25(16-18)32-20(3)17-22(21(32)4)28-27(23-10-8-9-15-30-23)31-29(35)33(28)24-11-6-7-12-26(24)34-5/h6-17,27-28H,1-5H3,(H,31,35)/t27-,28-/m1/s1. The molecule has 2 atom stereocenters. The molecule has 0 radical (unpaired) electrons. The predicted molar refractivity (Wildman–Crippen MR) is 146 cm³/mol. The molecule has 5 nitrogen and oxygen atoms in total. The van der Waals surface area contributed by atoms with Gasteiger partial charge in [-0.3, -0.25) is 4.98 Å². The lowest BCUT2D eigenvalue weighted by atomic mass is 9.96. The quantitative estimate of drug-likeness (QED) is 0.339. The lowest BCUT2D eigenvalue weighted by Gasteiger charge is -2.29. The minimum absolute atomic E-state index is 0.0984. The number of nitrogens with one attached hydrogen (secondary N) is 1. The van der Waals surface area contributed by atoms with E-state index in [0.29, 0.717) is 5.11 Å². The van der Waals surface area contributed by atoms with Crippen molar-refractivity contribution >= 4 is 23.0 Å². The number of methoxy groups -OCH3 is 1. The first-order chi connectivity index (χ1) is 16.9. The van der Waals surface area contributed by atoms with Crippen molar-refractivity contribution < 1.29 is 4.74 Å². The molecule has 0 aliphatic carbocycles. The topological polar surface area (TPSA) is 42.3 Å². The van der Waals surface area contributed by atoms with Gasteiger partial charge in [0.15, 0.2) is 5.11 Å². The van der Waals surface area contributed by atoms with Gasteiger partial charge in [-0.25, -0.2) is 0 Å². The number of ether oxygens (including phenoxy) is 1. The molecule has 0 unspecified atom stereocenters. The fourth-order valence-electron chi connectivity index (χ4n) is 5.18. The Morgan fingerprint density at radius 2 is 1.69 bits per heavy atom. The van der Waals surface area contributed by atoms with Crippen LogP contribution in [-0.2, 0) is 0 Å². The van der Waals surface area contributed by atoms with Crippen LogP contribution in [0.4, 0.5) is 5.69 Å². The van der Waals surface area contributed by atoms with Crippen molar-refractivity contribution in [2.24, 2.45) is 0 Å². The SMILES string of the molecule is COc1ccccc1N1C(=S)N[C@H](c2ccccn2)[C@H]1c1cc(C)n(-c2cc(C)ccc2C)c1C. The molecular formula is C29H30N4OS. The summed E-state index contributed by atoms with van der Waals surface area (Å²) in [5.41, 5.74) is 9.16. The maximum Gasteiger partial charge on any atom is 0.174 e. The first-order valence-electron chi connectivity index (χ1n) is 11.8. The van der Waals surface area contributed by atoms with Gasteiger partial charge in [0.25, 0.3) is 0 Å². The van der Waals surface area contributed by atoms with Gasteiger partial charge in [-0.05, 0) is 93.0 Å². The van der Waals surface area contributed by atoms with E-state index in [9.17, 15) is 0 Å². The van der Waals surface area contributed by atoms with Crippen LogP contribution in [-0.4, -0.2) is 21.8 Å². The van der Waals surface area contributed by atoms with Crippen molar-refractivity contribution in [3.8, 4) is 11.4 Å². The maximum absolute atomic E-state index is 5.92. The first kappa shape index (κ1) is 23.1. The summed E-state index contributed by atoms with van der Waals surface area (Å²) in [6.07, 6.45) is 1.84. The second-order valence-corrected chi connectivity index (χ2v) is 9.51. The Morgan fingerprint density at radius 3 is 2.43 bits per heavy atom. The van der Waals surface area contributed by atoms with Crippen LogP contribution in [0.25, 0.3) is 5.69 Å². The molecule has 3 heterocycles. The zero-order valence-corrected chi connectivity index (χ0v) is 21.6. The van der Waals surface area contributed by atoms with Crippen molar-refractivity contribution in [3.63, 3.8) is 0 Å². The zero-order chi connectivity index (χ0) is 24.7. The van der Waals surface area contributed by atoms with E-state index in [-0.39, 0.29) is 12.1 Å². The summed E-state index contributed by atoms with van der Waals surface area (Å²) in [6.45, 7) is 8.67. The van der Waals surface area contributed by atoms with E-state index in [1.165, 1.54) is 33.8 Å². The maximum atomic E-state index is 5.92. The molecule has 0 spiro atoms. The minimum atomic E-state index is -0.110. The highest BCUT2D eigenvalue weighted by Crippen LogP contribution is 2.46. The van der Waals surface area contributed by atoms with Gasteiger partial charge < -0.3 is 19.5 Å². The largest absolute Gasteiger partial charge is 0.495 e. The molecule has 35 heavy (non-hydrogen) atoms. The number of hydrogen-bond donors (Lipinski definition) is 1. The predicted octanol–water partition coefficient (Wildman–Crippen LogP) is 6.29. The van der Waals surface area contributed by atoms with Crippen molar-refractivity contribution in [3.05, 3.63) is 107 Å². The second-order valence-electron chi connectivity index (χ2n) is 9.12. The van der Waals surface area contributed by atoms with Crippen LogP contribution in [0, 0.1) is 27.7 Å². The summed E-state index contributed by atoms with van der Waals surface area (Å²) in [7, 11) is 1.70. The van der Waals surface area contributed by atoms with E-state index in [1.807, 2.05) is 36.5 Å². The number of rotatable bonds is 5. The van der Waals surface area contributed by atoms with E-state index < -0.39 is 0 Å². The second kappa shape index (κ2) is 9.19. The van der Waals surface area contributed by atoms with Gasteiger partial charge in [0.2, 0.25) is 0 Å². The Kier molecular flexibility index (Phi) is 6.07. The molecule has 1 saturated heterocycles. The van der Waals surface area contributed by atoms with E-state index in [0.717, 1.165) is 17.1 Å². The summed E-state index contributed by atoms with van der Waals surface area (Å²) < 4.78 is 8.09. The Labute approximate surface area is 212 Å². The fraction of sp³-hybridized carbons (Fsp3) is 0.241. The van der Waals surface area contributed by atoms with E-state index in [1.54, 1.807) is 7.11 Å². The zero-order valence-electron chi connectivity index (χ0n) is 20.7. The van der Waals surface area contributed by atoms with E-state index >= 15 is 0 Å². The van der Waals surface area contributed by atoms with Gasteiger partial charge in [0, 0.05) is 23.3 Å². The van der Waals surface area contributed by atoms with Gasteiger partial charge in [-0.1, -0.05) is 30.3 Å². The molecule has 4 aromatic rings. The molecule has 2 aromatic heterocycles. The van der Waals surface area contributed by atoms with Gasteiger partial charge >= 0.3 is 0 Å². The summed E-state index contributed by atoms with van der Waals surface area (Å²) >= 11 is 5.92. The van der Waals surface area contributed by atoms with Crippen LogP contribution >= 0.6 is 12.2 Å². The number of nitrogens with zero attached hydrogens (tertiary/aromatic N) is 3. The first-order valence-corrected chi connectivity index (χ1v) is 12.2. The van der Waals surface area contributed by atoms with E-state index in [4.69, 9.17) is 21.9 Å². The monoisotopic (exact) mass is 482 g/mol. The molecule has 0 bridgehead atoms. The lowest BCUT2D eigenvalue weighted by Crippen LogP contribution is -2.30. The summed E-state index contributed by atoms with van der Waals surface area (Å²) in [5, 5.41) is 4.22. The number of hydrogen-bond acceptors (Lipinski definition) is 3. The molecule has 178 valence electrons. The number of aryl methyl sites for hydroxylation is 3. The summed E-state index contributed by atoms with van der Waals surface area (Å²) in [4.78, 5) is 6.88. The van der Waals surface area contributed by atoms with Crippen molar-refractivity contribution in [2.75, 3.05) is 12.0 Å². The smallest absolute Gasteiger partial charge is 0.174 e. The van der Waals surface area contributed by atoms with Crippen LogP contribution in [0.5, 0.6) is 5.75 Å². The number of pyridine rings is 1. The molecule has 5 rings (SSSR count). The molecule has 1 fully saturated rings. The molecule has 6 heteroatoms. The van der Waals surface area contributed by atoms with Crippen LogP contribution in [0.1, 0.15) is 45.9 Å². The van der Waals surface area contributed by atoms with Crippen molar-refractivity contribution in [2.45, 2.75) is 39.8 Å². The van der Waals surface area contributed by atoms with Crippen LogP contribution in [0.15, 0.2) is 72.9 Å². The Morgan fingerprint density at radius 1 is 0.914 bits per heavy atom. The Balaban J connectivity index is 1.72.